The van der Waals surface area contributed by atoms with Gasteiger partial charge in [-0.1, -0.05) is 0 Å². The van der Waals surface area contributed by atoms with Crippen LogP contribution in [-0.4, -0.2) is 23.3 Å². The van der Waals surface area contributed by atoms with E-state index in [2.05, 4.69) is 4.98 Å². The summed E-state index contributed by atoms with van der Waals surface area (Å²) in [6.45, 7) is 1.74. The maximum Gasteiger partial charge on any atom is 0.273 e. The van der Waals surface area contributed by atoms with E-state index >= 15 is 0 Å². The first kappa shape index (κ1) is 14.4. The molecule has 0 atom stereocenters. The molecule has 7 nitrogen and oxygen atoms in total. The van der Waals surface area contributed by atoms with Crippen LogP contribution in [0.15, 0.2) is 30.5 Å². The van der Waals surface area contributed by atoms with E-state index in [4.69, 9.17) is 9.47 Å². The molecule has 0 aliphatic carbocycles. The highest BCUT2D eigenvalue weighted by Crippen LogP contribution is 2.34. The molecule has 0 spiro atoms. The van der Waals surface area contributed by atoms with Crippen LogP contribution < -0.4 is 9.47 Å². The lowest BCUT2D eigenvalue weighted by molar-refractivity contribution is -0.384. The Hall–Kier alpha value is -2.96. The number of nitrogens with zero attached hydrogens (tertiary/aromatic N) is 2. The highest BCUT2D eigenvalue weighted by atomic mass is 16.6. The molecule has 2 aromatic rings. The van der Waals surface area contributed by atoms with Crippen LogP contribution in [0.5, 0.6) is 17.4 Å². The van der Waals surface area contributed by atoms with E-state index in [1.807, 2.05) is 0 Å². The number of methoxy groups -OCH3 is 1. The Labute approximate surface area is 120 Å². The second-order valence-electron chi connectivity index (χ2n) is 4.20. The van der Waals surface area contributed by atoms with E-state index in [0.717, 1.165) is 0 Å². The Balaban J connectivity index is 2.35. The van der Waals surface area contributed by atoms with Gasteiger partial charge in [0.1, 0.15) is 0 Å². The zero-order chi connectivity index (χ0) is 15.4. The minimum absolute atomic E-state index is 0.0971. The zero-order valence-corrected chi connectivity index (χ0v) is 11.4. The minimum atomic E-state index is -0.519. The highest BCUT2D eigenvalue weighted by Gasteiger charge is 2.14. The van der Waals surface area contributed by atoms with E-state index in [0.29, 0.717) is 29.0 Å². The van der Waals surface area contributed by atoms with Gasteiger partial charge < -0.3 is 9.47 Å². The van der Waals surface area contributed by atoms with Gasteiger partial charge in [0.25, 0.3) is 5.69 Å². The average molecular weight is 288 g/mol. The fourth-order valence-electron chi connectivity index (χ4n) is 1.71. The van der Waals surface area contributed by atoms with Crippen LogP contribution in [0.2, 0.25) is 0 Å². The minimum Gasteiger partial charge on any atom is -0.493 e. The van der Waals surface area contributed by atoms with Gasteiger partial charge in [-0.05, 0) is 19.1 Å². The number of hydrogen-bond acceptors (Lipinski definition) is 6. The summed E-state index contributed by atoms with van der Waals surface area (Å²) in [5, 5.41) is 10.7. The molecular formula is C14H12N2O5. The van der Waals surface area contributed by atoms with Gasteiger partial charge in [0, 0.05) is 23.4 Å². The molecule has 0 bridgehead atoms. The van der Waals surface area contributed by atoms with Crippen LogP contribution in [-0.2, 0) is 0 Å². The number of aryl methyl sites for hydroxylation is 1. The summed E-state index contributed by atoms with van der Waals surface area (Å²) >= 11 is 0. The van der Waals surface area contributed by atoms with E-state index in [1.54, 1.807) is 13.0 Å². The van der Waals surface area contributed by atoms with Crippen molar-refractivity contribution in [3.63, 3.8) is 0 Å². The number of carbonyl (C=O) groups excluding carboxylic acids is 1. The van der Waals surface area contributed by atoms with Crippen molar-refractivity contribution in [2.45, 2.75) is 6.92 Å². The van der Waals surface area contributed by atoms with Crippen molar-refractivity contribution in [2.24, 2.45) is 0 Å². The number of pyridine rings is 1. The molecule has 0 amide bonds. The Kier molecular flexibility index (Phi) is 4.13. The molecule has 0 saturated heterocycles. The van der Waals surface area contributed by atoms with E-state index in [-0.39, 0.29) is 11.4 Å². The van der Waals surface area contributed by atoms with Gasteiger partial charge in [0.05, 0.1) is 18.1 Å². The van der Waals surface area contributed by atoms with Crippen molar-refractivity contribution >= 4 is 12.0 Å². The Morgan fingerprint density at radius 2 is 2.05 bits per heavy atom. The topological polar surface area (TPSA) is 91.6 Å². The van der Waals surface area contributed by atoms with Gasteiger partial charge >= 0.3 is 0 Å². The Morgan fingerprint density at radius 1 is 1.29 bits per heavy atom. The SMILES string of the molecule is COc1cc([N+](=O)[O-])ccc1Oc1ncc(C=O)cc1C. The quantitative estimate of drug-likeness (QED) is 0.477. The van der Waals surface area contributed by atoms with Crippen LogP contribution in [0, 0.1) is 17.0 Å². The third-order valence-corrected chi connectivity index (χ3v) is 2.75. The van der Waals surface area contributed by atoms with Crippen molar-refractivity contribution in [3.05, 3.63) is 51.7 Å². The summed E-state index contributed by atoms with van der Waals surface area (Å²) in [6.07, 6.45) is 2.07. The summed E-state index contributed by atoms with van der Waals surface area (Å²) in [7, 11) is 1.39. The molecule has 108 valence electrons. The van der Waals surface area contributed by atoms with Gasteiger partial charge in [-0.3, -0.25) is 14.9 Å². The molecule has 0 saturated carbocycles. The number of hydrogen-bond donors (Lipinski definition) is 0. The third kappa shape index (κ3) is 3.14. The van der Waals surface area contributed by atoms with Crippen LogP contribution >= 0.6 is 0 Å². The standard InChI is InChI=1S/C14H12N2O5/c1-9-5-10(8-17)7-15-14(9)21-12-4-3-11(16(18)19)6-13(12)20-2/h3-8H,1-2H3. The van der Waals surface area contributed by atoms with E-state index < -0.39 is 4.92 Å². The number of nitro benzene ring substituents is 1. The largest absolute Gasteiger partial charge is 0.493 e. The fraction of sp³-hybridized carbons (Fsp3) is 0.143. The predicted molar refractivity (Wildman–Crippen MR) is 74.1 cm³/mol. The molecule has 0 N–H and O–H groups in total. The van der Waals surface area contributed by atoms with E-state index in [1.165, 1.54) is 31.5 Å². The molecule has 2 rings (SSSR count). The molecule has 1 aromatic heterocycles. The van der Waals surface area contributed by atoms with Crippen molar-refractivity contribution < 1.29 is 19.2 Å². The number of carbonyl (C=O) groups is 1. The van der Waals surface area contributed by atoms with Gasteiger partial charge in [0.2, 0.25) is 5.88 Å². The number of rotatable bonds is 5. The van der Waals surface area contributed by atoms with Crippen LogP contribution in [0.3, 0.4) is 0 Å². The lowest BCUT2D eigenvalue weighted by atomic mass is 10.2. The molecule has 0 aliphatic heterocycles. The summed E-state index contributed by atoms with van der Waals surface area (Å²) < 4.78 is 10.7. The zero-order valence-electron chi connectivity index (χ0n) is 11.4. The highest BCUT2D eigenvalue weighted by molar-refractivity contribution is 5.74. The van der Waals surface area contributed by atoms with Crippen LogP contribution in [0.25, 0.3) is 0 Å². The lowest BCUT2D eigenvalue weighted by Crippen LogP contribution is -1.97. The smallest absolute Gasteiger partial charge is 0.273 e. The number of non-ortho nitro benzene ring substituents is 1. The molecule has 1 aromatic carbocycles. The second kappa shape index (κ2) is 6.00. The fourth-order valence-corrected chi connectivity index (χ4v) is 1.71. The number of aldehydes is 1. The molecule has 0 fully saturated rings. The normalized spacial score (nSPS) is 10.0. The van der Waals surface area contributed by atoms with Crippen molar-refractivity contribution in [1.82, 2.24) is 4.98 Å². The van der Waals surface area contributed by atoms with Gasteiger partial charge in [-0.25, -0.2) is 4.98 Å². The maximum atomic E-state index is 10.7. The lowest BCUT2D eigenvalue weighted by Gasteiger charge is -2.11. The van der Waals surface area contributed by atoms with Crippen molar-refractivity contribution in [3.8, 4) is 17.4 Å². The average Bonchev–Trinajstić information content (AvgIpc) is 2.49. The summed E-state index contributed by atoms with van der Waals surface area (Å²) in [5.74, 6) is 0.829. The van der Waals surface area contributed by atoms with Gasteiger partial charge in [-0.15, -0.1) is 0 Å². The van der Waals surface area contributed by atoms with Crippen molar-refractivity contribution in [2.75, 3.05) is 7.11 Å². The molecular weight excluding hydrogens is 276 g/mol. The van der Waals surface area contributed by atoms with E-state index in [9.17, 15) is 14.9 Å². The first-order chi connectivity index (χ1) is 10.0. The number of benzene rings is 1. The van der Waals surface area contributed by atoms with Gasteiger partial charge in [0.15, 0.2) is 17.8 Å². The summed E-state index contributed by atoms with van der Waals surface area (Å²) in [5.41, 5.74) is 1.01. The predicted octanol–water partition coefficient (Wildman–Crippen LogP) is 2.91. The summed E-state index contributed by atoms with van der Waals surface area (Å²) in [6, 6.07) is 5.65. The van der Waals surface area contributed by atoms with Crippen LogP contribution in [0.4, 0.5) is 5.69 Å². The molecule has 21 heavy (non-hydrogen) atoms. The summed E-state index contributed by atoms with van der Waals surface area (Å²) in [4.78, 5) is 24.9. The maximum absolute atomic E-state index is 10.7. The number of ether oxygens (including phenoxy) is 2. The molecule has 0 unspecified atom stereocenters. The molecule has 7 heteroatoms. The Bertz CT molecular complexity index is 700. The molecule has 0 radical (unpaired) electrons. The van der Waals surface area contributed by atoms with Gasteiger partial charge in [-0.2, -0.15) is 0 Å². The molecule has 1 heterocycles. The Morgan fingerprint density at radius 3 is 2.62 bits per heavy atom. The monoisotopic (exact) mass is 288 g/mol. The number of aromatic nitrogens is 1. The molecule has 0 aliphatic rings. The van der Waals surface area contributed by atoms with Crippen molar-refractivity contribution in [1.29, 1.82) is 0 Å². The first-order valence-electron chi connectivity index (χ1n) is 5.97. The van der Waals surface area contributed by atoms with Crippen LogP contribution in [0.1, 0.15) is 15.9 Å². The third-order valence-electron chi connectivity index (χ3n) is 2.75. The first-order valence-corrected chi connectivity index (χ1v) is 5.97. The second-order valence-corrected chi connectivity index (χ2v) is 4.20. The number of nitro groups is 1.